The van der Waals surface area contributed by atoms with E-state index in [1.165, 1.54) is 14.2 Å². The van der Waals surface area contributed by atoms with E-state index in [1.807, 2.05) is 6.07 Å². The van der Waals surface area contributed by atoms with Crippen molar-refractivity contribution < 1.29 is 9.47 Å². The number of hydrogen-bond acceptors (Lipinski definition) is 4. The van der Waals surface area contributed by atoms with Crippen molar-refractivity contribution in [3.8, 4) is 17.6 Å². The minimum absolute atomic E-state index is 0.204. The van der Waals surface area contributed by atoms with Crippen molar-refractivity contribution in [2.24, 2.45) is 5.73 Å². The highest BCUT2D eigenvalue weighted by molar-refractivity contribution is 6.33. The van der Waals surface area contributed by atoms with Gasteiger partial charge in [-0.2, -0.15) is 5.26 Å². The second-order valence-electron chi connectivity index (χ2n) is 3.17. The van der Waals surface area contributed by atoms with Gasteiger partial charge in [-0.15, -0.1) is 0 Å². The third-order valence-electron chi connectivity index (χ3n) is 2.23. The number of nitriles is 1. The fourth-order valence-electron chi connectivity index (χ4n) is 1.40. The summed E-state index contributed by atoms with van der Waals surface area (Å²) in [5.74, 6) is 0.982. The Hall–Kier alpha value is -1.44. The van der Waals surface area contributed by atoms with Crippen LogP contribution in [0.25, 0.3) is 0 Å². The van der Waals surface area contributed by atoms with E-state index >= 15 is 0 Å². The largest absolute Gasteiger partial charge is 0.493 e. The number of nitrogens with two attached hydrogens (primary N) is 1. The first-order valence-corrected chi connectivity index (χ1v) is 5.06. The van der Waals surface area contributed by atoms with Gasteiger partial charge in [0.1, 0.15) is 0 Å². The van der Waals surface area contributed by atoms with E-state index in [4.69, 9.17) is 32.1 Å². The Morgan fingerprint density at radius 3 is 2.62 bits per heavy atom. The summed E-state index contributed by atoms with van der Waals surface area (Å²) in [6.07, 6.45) is 0.204. The van der Waals surface area contributed by atoms with Crippen molar-refractivity contribution >= 4 is 11.6 Å². The number of rotatable bonds is 4. The van der Waals surface area contributed by atoms with Gasteiger partial charge in [-0.05, 0) is 11.6 Å². The van der Waals surface area contributed by atoms with E-state index in [-0.39, 0.29) is 6.42 Å². The van der Waals surface area contributed by atoms with E-state index < -0.39 is 6.04 Å². The van der Waals surface area contributed by atoms with Crippen molar-refractivity contribution in [2.75, 3.05) is 14.2 Å². The van der Waals surface area contributed by atoms with Crippen LogP contribution in [0.5, 0.6) is 11.5 Å². The van der Waals surface area contributed by atoms with Crippen LogP contribution in [0.3, 0.4) is 0 Å². The highest BCUT2D eigenvalue weighted by atomic mass is 35.5. The highest BCUT2D eigenvalue weighted by Crippen LogP contribution is 2.39. The Labute approximate surface area is 99.5 Å². The smallest absolute Gasteiger partial charge is 0.179 e. The summed E-state index contributed by atoms with van der Waals surface area (Å²) in [6, 6.07) is 5.05. The van der Waals surface area contributed by atoms with Crippen molar-refractivity contribution in [1.29, 1.82) is 5.26 Å². The molecule has 0 aromatic heterocycles. The Morgan fingerprint density at radius 1 is 1.44 bits per heavy atom. The molecule has 0 unspecified atom stereocenters. The molecular weight excluding hydrogens is 228 g/mol. The molecule has 0 heterocycles. The van der Waals surface area contributed by atoms with Crippen molar-refractivity contribution in [3.63, 3.8) is 0 Å². The van der Waals surface area contributed by atoms with Gasteiger partial charge in [-0.25, -0.2) is 0 Å². The number of methoxy groups -OCH3 is 2. The molecule has 5 heteroatoms. The molecule has 0 bridgehead atoms. The Balaban J connectivity index is 3.19. The van der Waals surface area contributed by atoms with E-state index in [2.05, 4.69) is 0 Å². The number of hydrogen-bond donors (Lipinski definition) is 1. The lowest BCUT2D eigenvalue weighted by Crippen LogP contribution is -2.10. The summed E-state index contributed by atoms with van der Waals surface area (Å²) < 4.78 is 10.2. The third-order valence-corrected chi connectivity index (χ3v) is 2.62. The van der Waals surface area contributed by atoms with Gasteiger partial charge in [0, 0.05) is 6.04 Å². The van der Waals surface area contributed by atoms with Gasteiger partial charge < -0.3 is 15.2 Å². The molecule has 4 nitrogen and oxygen atoms in total. The monoisotopic (exact) mass is 240 g/mol. The lowest BCUT2D eigenvalue weighted by molar-refractivity contribution is 0.354. The number of benzene rings is 1. The molecule has 0 saturated carbocycles. The van der Waals surface area contributed by atoms with Gasteiger partial charge in [0.2, 0.25) is 0 Å². The molecule has 1 atom stereocenters. The SMILES string of the molecule is COc1ccc([C@H](N)CC#N)c(Cl)c1OC. The van der Waals surface area contributed by atoms with Crippen LogP contribution in [0.15, 0.2) is 12.1 Å². The lowest BCUT2D eigenvalue weighted by atomic mass is 10.0. The van der Waals surface area contributed by atoms with Crippen LogP contribution in [0.2, 0.25) is 5.02 Å². The van der Waals surface area contributed by atoms with Crippen LogP contribution in [0.1, 0.15) is 18.0 Å². The molecule has 16 heavy (non-hydrogen) atoms. The van der Waals surface area contributed by atoms with E-state index in [9.17, 15) is 0 Å². The molecule has 0 aliphatic rings. The van der Waals surface area contributed by atoms with Crippen LogP contribution < -0.4 is 15.2 Å². The molecule has 0 aliphatic carbocycles. The second kappa shape index (κ2) is 5.59. The summed E-state index contributed by atoms with van der Waals surface area (Å²) in [6.45, 7) is 0. The first kappa shape index (κ1) is 12.6. The number of ether oxygens (including phenoxy) is 2. The zero-order valence-corrected chi connectivity index (χ0v) is 9.91. The summed E-state index contributed by atoms with van der Waals surface area (Å²) in [4.78, 5) is 0. The molecule has 0 amide bonds. The molecule has 86 valence electrons. The normalized spacial score (nSPS) is 11.7. The summed E-state index contributed by atoms with van der Waals surface area (Å²) >= 11 is 6.13. The second-order valence-corrected chi connectivity index (χ2v) is 3.55. The van der Waals surface area contributed by atoms with Gasteiger partial charge >= 0.3 is 0 Å². The molecule has 2 N–H and O–H groups in total. The average molecular weight is 241 g/mol. The molecule has 0 radical (unpaired) electrons. The van der Waals surface area contributed by atoms with Gasteiger partial charge in [0.25, 0.3) is 0 Å². The molecule has 1 aromatic rings. The van der Waals surface area contributed by atoms with Gasteiger partial charge in [-0.3, -0.25) is 0 Å². The summed E-state index contributed by atoms with van der Waals surface area (Å²) in [5, 5.41) is 8.98. The summed E-state index contributed by atoms with van der Waals surface area (Å²) in [7, 11) is 3.03. The maximum absolute atomic E-state index is 8.59. The standard InChI is InChI=1S/C11H13ClN2O2/c1-15-9-4-3-7(8(14)5-6-13)10(12)11(9)16-2/h3-4,8H,5,14H2,1-2H3/t8-/m1/s1. The fourth-order valence-corrected chi connectivity index (χ4v) is 1.77. The predicted molar refractivity (Wildman–Crippen MR) is 61.7 cm³/mol. The van der Waals surface area contributed by atoms with Crippen molar-refractivity contribution in [1.82, 2.24) is 0 Å². The minimum atomic E-state index is -0.419. The topological polar surface area (TPSA) is 68.3 Å². The third kappa shape index (κ3) is 2.38. The first-order valence-electron chi connectivity index (χ1n) is 4.68. The van der Waals surface area contributed by atoms with Crippen LogP contribution in [0, 0.1) is 11.3 Å². The van der Waals surface area contributed by atoms with Crippen molar-refractivity contribution in [2.45, 2.75) is 12.5 Å². The number of halogens is 1. The average Bonchev–Trinajstić information content (AvgIpc) is 2.28. The van der Waals surface area contributed by atoms with Gasteiger partial charge in [0.15, 0.2) is 11.5 Å². The molecule has 0 aliphatic heterocycles. The Kier molecular flexibility index (Phi) is 4.41. The maximum Gasteiger partial charge on any atom is 0.179 e. The summed E-state index contributed by atoms with van der Waals surface area (Å²) in [5.41, 5.74) is 6.50. The van der Waals surface area contributed by atoms with Crippen LogP contribution >= 0.6 is 11.6 Å². The Morgan fingerprint density at radius 2 is 2.12 bits per heavy atom. The fraction of sp³-hybridized carbons (Fsp3) is 0.364. The molecule has 0 fully saturated rings. The van der Waals surface area contributed by atoms with E-state index in [0.29, 0.717) is 22.1 Å². The number of nitrogens with zero attached hydrogens (tertiary/aromatic N) is 1. The first-order chi connectivity index (χ1) is 7.65. The van der Waals surface area contributed by atoms with Gasteiger partial charge in [0.05, 0.1) is 31.7 Å². The Bertz CT molecular complexity index is 415. The van der Waals surface area contributed by atoms with Crippen LogP contribution in [-0.4, -0.2) is 14.2 Å². The minimum Gasteiger partial charge on any atom is -0.493 e. The molecular formula is C11H13ClN2O2. The molecule has 0 saturated heterocycles. The quantitative estimate of drug-likeness (QED) is 0.877. The molecule has 1 aromatic carbocycles. The van der Waals surface area contributed by atoms with Crippen LogP contribution in [0.4, 0.5) is 0 Å². The van der Waals surface area contributed by atoms with Crippen LogP contribution in [-0.2, 0) is 0 Å². The van der Waals surface area contributed by atoms with E-state index in [1.54, 1.807) is 12.1 Å². The van der Waals surface area contributed by atoms with Crippen molar-refractivity contribution in [3.05, 3.63) is 22.7 Å². The highest BCUT2D eigenvalue weighted by Gasteiger charge is 2.17. The zero-order valence-electron chi connectivity index (χ0n) is 9.16. The van der Waals surface area contributed by atoms with Gasteiger partial charge in [-0.1, -0.05) is 17.7 Å². The van der Waals surface area contributed by atoms with E-state index in [0.717, 1.165) is 0 Å². The maximum atomic E-state index is 8.59. The predicted octanol–water partition coefficient (Wildman–Crippen LogP) is 2.27. The molecule has 1 rings (SSSR count). The lowest BCUT2D eigenvalue weighted by Gasteiger charge is -2.15. The molecule has 0 spiro atoms. The zero-order chi connectivity index (χ0) is 12.1.